The number of nitrogens with zero attached hydrogens (tertiary/aromatic N) is 2. The van der Waals surface area contributed by atoms with Gasteiger partial charge in [0, 0.05) is 31.0 Å². The molecule has 0 aliphatic carbocycles. The number of hydrogen-bond donors (Lipinski definition) is 4. The number of anilines is 1. The molecule has 0 saturated carbocycles. The van der Waals surface area contributed by atoms with E-state index in [1.54, 1.807) is 48.6 Å². The molecule has 29 heavy (non-hydrogen) atoms. The summed E-state index contributed by atoms with van der Waals surface area (Å²) in [5.74, 6) is 0.186. The highest BCUT2D eigenvalue weighted by Crippen LogP contribution is 2.18. The number of rotatable bonds is 12. The van der Waals surface area contributed by atoms with Crippen LogP contribution in [0, 0.1) is 0 Å². The van der Waals surface area contributed by atoms with E-state index in [1.165, 1.54) is 4.31 Å². The zero-order valence-electron chi connectivity index (χ0n) is 17.1. The summed E-state index contributed by atoms with van der Waals surface area (Å²) >= 11 is 0. The Kier molecular flexibility index (Phi) is 10.7. The van der Waals surface area contributed by atoms with Crippen molar-refractivity contribution < 1.29 is 8.42 Å². The van der Waals surface area contributed by atoms with Gasteiger partial charge in [-0.15, -0.1) is 0 Å². The van der Waals surface area contributed by atoms with E-state index in [0.29, 0.717) is 31.0 Å². The number of benzene rings is 1. The molecule has 0 radical (unpaired) electrons. The third-order valence-corrected chi connectivity index (χ3v) is 5.88. The number of guanidine groups is 1. The maximum Gasteiger partial charge on any atom is 0.243 e. The van der Waals surface area contributed by atoms with Crippen molar-refractivity contribution in [1.29, 1.82) is 0 Å². The summed E-state index contributed by atoms with van der Waals surface area (Å²) in [7, 11) is -3.54. The fourth-order valence-corrected chi connectivity index (χ4v) is 3.81. The molecular weight excluding hydrogens is 388 g/mol. The second-order valence-electron chi connectivity index (χ2n) is 6.06. The highest BCUT2D eigenvalue weighted by atomic mass is 32.2. The minimum absolute atomic E-state index is 0.186. The Balaban J connectivity index is 2.77. The van der Waals surface area contributed by atoms with Crippen molar-refractivity contribution in [2.24, 2.45) is 16.5 Å². The molecule has 6 N–H and O–H groups in total. The van der Waals surface area contributed by atoms with Crippen LogP contribution in [0.25, 0.3) is 0 Å². The number of sulfonamides is 1. The maximum absolute atomic E-state index is 12.8. The summed E-state index contributed by atoms with van der Waals surface area (Å²) in [5, 5.41) is 6.06. The van der Waals surface area contributed by atoms with Gasteiger partial charge in [-0.3, -0.25) is 0 Å². The van der Waals surface area contributed by atoms with E-state index in [0.717, 1.165) is 6.54 Å². The lowest BCUT2D eigenvalue weighted by Crippen LogP contribution is -2.36. The van der Waals surface area contributed by atoms with Crippen LogP contribution in [-0.4, -0.2) is 51.4 Å². The van der Waals surface area contributed by atoms with E-state index in [9.17, 15) is 8.42 Å². The number of nitrogens with two attached hydrogens (primary N) is 2. The van der Waals surface area contributed by atoms with Crippen molar-refractivity contribution in [2.45, 2.75) is 18.7 Å². The fourth-order valence-electron chi connectivity index (χ4n) is 2.36. The molecule has 0 atom stereocenters. The van der Waals surface area contributed by atoms with Crippen molar-refractivity contribution in [3.05, 3.63) is 60.8 Å². The second-order valence-corrected chi connectivity index (χ2v) is 8.00. The lowest BCUT2D eigenvalue weighted by molar-refractivity contribution is 0.422. The number of aliphatic imine (C=N–C) groups is 1. The van der Waals surface area contributed by atoms with Gasteiger partial charge in [0.25, 0.3) is 0 Å². The van der Waals surface area contributed by atoms with Crippen LogP contribution in [0.1, 0.15) is 13.8 Å². The quantitative estimate of drug-likeness (QED) is 0.176. The predicted molar refractivity (Wildman–Crippen MR) is 121 cm³/mol. The molecule has 0 fully saturated rings. The van der Waals surface area contributed by atoms with Crippen molar-refractivity contribution in [3.63, 3.8) is 0 Å². The predicted octanol–water partition coefficient (Wildman–Crippen LogP) is 1.62. The van der Waals surface area contributed by atoms with E-state index in [1.807, 2.05) is 13.8 Å². The lowest BCUT2D eigenvalue weighted by Gasteiger charge is -2.20. The molecule has 1 aromatic rings. The standard InChI is InChI=1S/C20H32N6O2S/c1-4-7-8-9-17(21)16-24-20(22)25-18-10-12-19(13-11-18)29(27,28)26(6-3)15-14-23-5-2/h4,7-13,23H,1,5-6,14-16,21H2,2-3H3,(H3,22,24,25)/b8-7-,17-9+. The zero-order chi connectivity index (χ0) is 21.7. The zero-order valence-corrected chi connectivity index (χ0v) is 18.0. The van der Waals surface area contributed by atoms with Gasteiger partial charge in [-0.05, 0) is 36.9 Å². The Bertz CT molecular complexity index is 829. The SMILES string of the molecule is C=C/C=C\C=C(\N)CN=C(N)Nc1ccc(S(=O)(=O)N(CC)CCNCC)cc1. The van der Waals surface area contributed by atoms with Crippen molar-refractivity contribution >= 4 is 21.7 Å². The molecule has 160 valence electrons. The molecule has 0 saturated heterocycles. The van der Waals surface area contributed by atoms with Crippen LogP contribution >= 0.6 is 0 Å². The Hall–Kier alpha value is -2.62. The van der Waals surface area contributed by atoms with Crippen LogP contribution in [0.3, 0.4) is 0 Å². The fraction of sp³-hybridized carbons (Fsp3) is 0.350. The summed E-state index contributed by atoms with van der Waals surface area (Å²) in [6.07, 6.45) is 6.88. The molecular formula is C20H32N6O2S. The molecule has 0 aliphatic rings. The van der Waals surface area contributed by atoms with Gasteiger partial charge < -0.3 is 22.1 Å². The average Bonchev–Trinajstić information content (AvgIpc) is 2.70. The largest absolute Gasteiger partial charge is 0.401 e. The van der Waals surface area contributed by atoms with Crippen LogP contribution in [0.4, 0.5) is 5.69 Å². The third kappa shape index (κ3) is 8.51. The van der Waals surface area contributed by atoms with Crippen LogP contribution in [-0.2, 0) is 10.0 Å². The van der Waals surface area contributed by atoms with E-state index in [4.69, 9.17) is 11.5 Å². The molecule has 0 unspecified atom stereocenters. The lowest BCUT2D eigenvalue weighted by atomic mass is 10.3. The number of nitrogens with one attached hydrogen (secondary N) is 2. The third-order valence-electron chi connectivity index (χ3n) is 3.89. The first kappa shape index (κ1) is 24.4. The first-order valence-corrected chi connectivity index (χ1v) is 10.9. The Morgan fingerprint density at radius 1 is 1.21 bits per heavy atom. The minimum Gasteiger partial charge on any atom is -0.401 e. The first-order valence-electron chi connectivity index (χ1n) is 9.46. The summed E-state index contributed by atoms with van der Waals surface area (Å²) in [4.78, 5) is 4.38. The van der Waals surface area contributed by atoms with Crippen molar-refractivity contribution in [3.8, 4) is 0 Å². The molecule has 8 nitrogen and oxygen atoms in total. The first-order chi connectivity index (χ1) is 13.8. The number of hydrogen-bond acceptors (Lipinski definition) is 5. The molecule has 1 aromatic carbocycles. The van der Waals surface area contributed by atoms with Gasteiger partial charge in [-0.2, -0.15) is 4.31 Å². The summed E-state index contributed by atoms with van der Waals surface area (Å²) in [6.45, 7) is 9.85. The van der Waals surface area contributed by atoms with Crippen molar-refractivity contribution in [2.75, 3.05) is 38.0 Å². The average molecular weight is 421 g/mol. The maximum atomic E-state index is 12.8. The molecule has 0 bridgehead atoms. The van der Waals surface area contributed by atoms with Gasteiger partial charge in [0.05, 0.1) is 11.4 Å². The minimum atomic E-state index is -3.54. The monoisotopic (exact) mass is 420 g/mol. The number of allylic oxidation sites excluding steroid dienone is 4. The van der Waals surface area contributed by atoms with Crippen LogP contribution < -0.4 is 22.1 Å². The second kappa shape index (κ2) is 12.8. The normalized spacial score (nSPS) is 13.2. The molecule has 0 amide bonds. The van der Waals surface area contributed by atoms with Crippen molar-refractivity contribution in [1.82, 2.24) is 9.62 Å². The van der Waals surface area contributed by atoms with Gasteiger partial charge in [0.1, 0.15) is 0 Å². The van der Waals surface area contributed by atoms with Gasteiger partial charge in [0.2, 0.25) is 10.0 Å². The molecule has 0 aromatic heterocycles. The summed E-state index contributed by atoms with van der Waals surface area (Å²) in [6, 6.07) is 6.41. The van der Waals surface area contributed by atoms with Gasteiger partial charge >= 0.3 is 0 Å². The molecule has 0 aliphatic heterocycles. The number of likely N-dealkylation sites (N-methyl/N-ethyl adjacent to an activating group) is 2. The summed E-state index contributed by atoms with van der Waals surface area (Å²) in [5.41, 5.74) is 12.9. The van der Waals surface area contributed by atoms with Gasteiger partial charge in [-0.1, -0.05) is 38.7 Å². The van der Waals surface area contributed by atoms with E-state index < -0.39 is 10.0 Å². The van der Waals surface area contributed by atoms with Gasteiger partial charge in [-0.25, -0.2) is 13.4 Å². The molecule has 0 heterocycles. The molecule has 1 rings (SSSR count). The van der Waals surface area contributed by atoms with Crippen LogP contribution in [0.5, 0.6) is 0 Å². The van der Waals surface area contributed by atoms with E-state index in [2.05, 4.69) is 22.2 Å². The highest BCUT2D eigenvalue weighted by Gasteiger charge is 2.22. The van der Waals surface area contributed by atoms with Crippen LogP contribution in [0.15, 0.2) is 70.7 Å². The van der Waals surface area contributed by atoms with E-state index in [-0.39, 0.29) is 17.4 Å². The van der Waals surface area contributed by atoms with E-state index >= 15 is 0 Å². The highest BCUT2D eigenvalue weighted by molar-refractivity contribution is 7.89. The Labute approximate surface area is 174 Å². The smallest absolute Gasteiger partial charge is 0.243 e. The summed E-state index contributed by atoms with van der Waals surface area (Å²) < 4.78 is 27.0. The Morgan fingerprint density at radius 2 is 1.90 bits per heavy atom. The molecule has 0 spiro atoms. The van der Waals surface area contributed by atoms with Gasteiger partial charge in [0.15, 0.2) is 5.96 Å². The topological polar surface area (TPSA) is 126 Å². The van der Waals surface area contributed by atoms with Crippen LogP contribution in [0.2, 0.25) is 0 Å². The molecule has 9 heteroatoms. The Morgan fingerprint density at radius 3 is 2.48 bits per heavy atom.